The Balaban J connectivity index is 1.20. The van der Waals surface area contributed by atoms with E-state index in [1.807, 2.05) is 7.05 Å². The maximum Gasteiger partial charge on any atom is 0.414 e. The Morgan fingerprint density at radius 1 is 1.18 bits per heavy atom. The van der Waals surface area contributed by atoms with Crippen molar-refractivity contribution < 1.29 is 23.1 Å². The first-order valence-corrected chi connectivity index (χ1v) is 13.6. The van der Waals surface area contributed by atoms with E-state index in [1.54, 1.807) is 11.1 Å². The van der Waals surface area contributed by atoms with E-state index in [0.29, 0.717) is 11.0 Å². The van der Waals surface area contributed by atoms with Gasteiger partial charge in [-0.1, -0.05) is 0 Å². The van der Waals surface area contributed by atoms with Crippen LogP contribution in [-0.2, 0) is 0 Å². The summed E-state index contributed by atoms with van der Waals surface area (Å²) in [6.45, 7) is 1.58. The van der Waals surface area contributed by atoms with Crippen molar-refractivity contribution >= 4 is 34.5 Å². The molecule has 0 bridgehead atoms. The van der Waals surface area contributed by atoms with Crippen LogP contribution in [0.1, 0.15) is 42.9 Å². The second-order valence-electron chi connectivity index (χ2n) is 10.2. The van der Waals surface area contributed by atoms with E-state index in [4.69, 9.17) is 4.74 Å². The third kappa shape index (κ3) is 6.29. The Morgan fingerprint density at radius 3 is 2.68 bits per heavy atom. The molecule has 11 nitrogen and oxygen atoms in total. The summed E-state index contributed by atoms with van der Waals surface area (Å²) in [6.07, 6.45) is 5.92. The zero-order chi connectivity index (χ0) is 26.9. The molecule has 1 saturated carbocycles. The van der Waals surface area contributed by atoms with E-state index in [-0.39, 0.29) is 31.0 Å². The Morgan fingerprint density at radius 2 is 1.95 bits per heavy atom. The van der Waals surface area contributed by atoms with Crippen LogP contribution < -0.4 is 20.3 Å². The number of piperidine rings is 2. The fourth-order valence-corrected chi connectivity index (χ4v) is 5.65. The van der Waals surface area contributed by atoms with Gasteiger partial charge in [0.15, 0.2) is 5.13 Å². The summed E-state index contributed by atoms with van der Waals surface area (Å²) in [5.74, 6) is -2.44. The fourth-order valence-electron chi connectivity index (χ4n) is 4.68. The summed E-state index contributed by atoms with van der Waals surface area (Å²) in [6, 6.07) is -0.606. The van der Waals surface area contributed by atoms with Gasteiger partial charge in [0.25, 0.3) is 5.92 Å². The van der Waals surface area contributed by atoms with E-state index in [1.165, 1.54) is 30.6 Å². The van der Waals surface area contributed by atoms with Crippen LogP contribution in [0.25, 0.3) is 0 Å². The van der Waals surface area contributed by atoms with Crippen molar-refractivity contribution in [2.45, 2.75) is 56.0 Å². The number of amides is 3. The third-order valence-electron chi connectivity index (χ3n) is 7.24. The first-order chi connectivity index (χ1) is 18.2. The van der Waals surface area contributed by atoms with Crippen molar-refractivity contribution in [1.82, 2.24) is 30.1 Å². The zero-order valence-electron chi connectivity index (χ0n) is 21.4. The quantitative estimate of drug-likeness (QED) is 0.563. The van der Waals surface area contributed by atoms with Crippen molar-refractivity contribution in [1.29, 1.82) is 0 Å². The Hall–Kier alpha value is -3.13. The number of hydrogen-bond donors (Lipinski definition) is 2. The summed E-state index contributed by atoms with van der Waals surface area (Å²) < 4.78 is 35.2. The van der Waals surface area contributed by atoms with Crippen molar-refractivity contribution in [2.75, 3.05) is 50.5 Å². The van der Waals surface area contributed by atoms with Crippen molar-refractivity contribution in [2.24, 2.45) is 0 Å². The maximum absolute atomic E-state index is 14.9. The first-order valence-electron chi connectivity index (χ1n) is 12.8. The Labute approximate surface area is 223 Å². The molecule has 3 fully saturated rings. The molecule has 0 unspecified atom stereocenters. The Kier molecular flexibility index (Phi) is 7.61. The highest BCUT2D eigenvalue weighted by atomic mass is 32.1. The van der Waals surface area contributed by atoms with Crippen LogP contribution in [0.4, 0.5) is 29.4 Å². The highest BCUT2D eigenvalue weighted by Crippen LogP contribution is 2.43. The molecule has 1 aliphatic carbocycles. The molecule has 2 N–H and O–H groups in total. The lowest BCUT2D eigenvalue weighted by Gasteiger charge is -2.42. The topological polar surface area (TPSA) is 116 Å². The predicted molar refractivity (Wildman–Crippen MR) is 138 cm³/mol. The number of thiazole rings is 1. The van der Waals surface area contributed by atoms with Gasteiger partial charge in [-0.25, -0.2) is 28.3 Å². The summed E-state index contributed by atoms with van der Waals surface area (Å²) in [4.78, 5) is 43.7. The van der Waals surface area contributed by atoms with Crippen LogP contribution in [0, 0.1) is 0 Å². The highest BCUT2D eigenvalue weighted by molar-refractivity contribution is 7.15. The largest absolute Gasteiger partial charge is 0.414 e. The smallest absolute Gasteiger partial charge is 0.391 e. The number of carbonyl (C=O) groups is 2. The number of nitrogens with zero attached hydrogens (tertiary/aromatic N) is 6. The van der Waals surface area contributed by atoms with Crippen LogP contribution in [0.15, 0.2) is 18.5 Å². The summed E-state index contributed by atoms with van der Waals surface area (Å²) in [7, 11) is 3.38. The molecule has 0 aromatic carbocycles. The Bertz CT molecular complexity index is 1160. The molecular formula is C24H32F2N8O3S. The number of anilines is 2. The van der Waals surface area contributed by atoms with E-state index in [0.717, 1.165) is 48.5 Å². The van der Waals surface area contributed by atoms with Gasteiger partial charge in [0.05, 0.1) is 0 Å². The third-order valence-corrected chi connectivity index (χ3v) is 8.31. The van der Waals surface area contributed by atoms with Gasteiger partial charge in [0, 0.05) is 55.9 Å². The molecule has 3 aliphatic rings. The number of likely N-dealkylation sites (tertiary alicyclic amines) is 1. The number of halogens is 2. The van der Waals surface area contributed by atoms with Gasteiger partial charge < -0.3 is 24.8 Å². The number of nitrogens with one attached hydrogen (secondary N) is 2. The van der Waals surface area contributed by atoms with Crippen LogP contribution in [0.2, 0.25) is 0 Å². The summed E-state index contributed by atoms with van der Waals surface area (Å²) in [5, 5.41) is 5.89. The molecule has 14 heteroatoms. The van der Waals surface area contributed by atoms with E-state index in [2.05, 4.69) is 30.5 Å². The second-order valence-corrected chi connectivity index (χ2v) is 11.2. The van der Waals surface area contributed by atoms with Gasteiger partial charge in [-0.05, 0) is 51.7 Å². The monoisotopic (exact) mass is 550 g/mol. The van der Waals surface area contributed by atoms with Gasteiger partial charge in [0.2, 0.25) is 11.8 Å². The van der Waals surface area contributed by atoms with Crippen LogP contribution in [0.5, 0.6) is 5.88 Å². The predicted octanol–water partition coefficient (Wildman–Crippen LogP) is 3.37. The lowest BCUT2D eigenvalue weighted by Crippen LogP contribution is -2.60. The average molecular weight is 551 g/mol. The number of hydrogen-bond acceptors (Lipinski definition) is 9. The van der Waals surface area contributed by atoms with Crippen LogP contribution >= 0.6 is 11.3 Å². The molecule has 5 rings (SSSR count). The molecule has 0 radical (unpaired) electrons. The number of aromatic nitrogens is 3. The molecule has 38 heavy (non-hydrogen) atoms. The fraction of sp³-hybridized carbons (Fsp3) is 0.625. The molecule has 0 spiro atoms. The standard InChI is InChI=1S/C24H32F2N8O3S/c1-32-10-6-16(7-11-32)29-23(36)37-19-5-9-27-20(30-19)34-12-8-24(25,26)18(14-34)33(2)22(35)31-21-28-13-17(38-21)15-3-4-15/h5,9,13,15-16,18H,3-4,6-8,10-12,14H2,1-2H3,(H,29,36)(H,28,31,35)/t18-/m0/s1. The number of ether oxygens (including phenoxy) is 1. The van der Waals surface area contributed by atoms with Crippen molar-refractivity contribution in [3.8, 4) is 5.88 Å². The minimum atomic E-state index is -3.10. The minimum absolute atomic E-state index is 0.0125. The van der Waals surface area contributed by atoms with Gasteiger partial charge in [-0.15, -0.1) is 11.3 Å². The van der Waals surface area contributed by atoms with Gasteiger partial charge in [-0.3, -0.25) is 5.32 Å². The van der Waals surface area contributed by atoms with Crippen molar-refractivity contribution in [3.05, 3.63) is 23.3 Å². The van der Waals surface area contributed by atoms with Crippen LogP contribution in [0.3, 0.4) is 0 Å². The van der Waals surface area contributed by atoms with Gasteiger partial charge >= 0.3 is 12.1 Å². The second kappa shape index (κ2) is 10.9. The molecule has 4 heterocycles. The van der Waals surface area contributed by atoms with E-state index in [9.17, 15) is 18.4 Å². The number of urea groups is 1. The maximum atomic E-state index is 14.9. The molecular weight excluding hydrogens is 518 g/mol. The number of alkyl halides is 2. The molecule has 2 aromatic rings. The number of likely N-dealkylation sites (N-methyl/N-ethyl adjacent to an activating group) is 1. The zero-order valence-corrected chi connectivity index (χ0v) is 22.2. The number of rotatable bonds is 6. The van der Waals surface area contributed by atoms with Gasteiger partial charge in [0.1, 0.15) is 6.04 Å². The molecule has 1 atom stereocenters. The normalized spacial score (nSPS) is 22.1. The summed E-state index contributed by atoms with van der Waals surface area (Å²) in [5.41, 5.74) is 0. The highest BCUT2D eigenvalue weighted by Gasteiger charge is 2.48. The SMILES string of the molecule is CN1CCC(NC(=O)Oc2ccnc(N3CCC(F)(F)[C@@H](N(C)C(=O)Nc4ncc(C5CC5)s4)C3)n2)CC1. The molecule has 2 saturated heterocycles. The molecule has 206 valence electrons. The van der Waals surface area contributed by atoms with Gasteiger partial charge in [-0.2, -0.15) is 4.98 Å². The van der Waals surface area contributed by atoms with Crippen molar-refractivity contribution in [3.63, 3.8) is 0 Å². The van der Waals surface area contributed by atoms with Crippen LogP contribution in [-0.4, -0.2) is 95.2 Å². The average Bonchev–Trinajstić information content (AvgIpc) is 3.63. The molecule has 2 aromatic heterocycles. The first kappa shape index (κ1) is 26.5. The molecule has 2 aliphatic heterocycles. The van der Waals surface area contributed by atoms with E-state index < -0.39 is 30.5 Å². The minimum Gasteiger partial charge on any atom is -0.391 e. The lowest BCUT2D eigenvalue weighted by atomic mass is 10.00. The van der Waals surface area contributed by atoms with E-state index >= 15 is 0 Å². The molecule has 3 amide bonds. The summed E-state index contributed by atoms with van der Waals surface area (Å²) >= 11 is 1.37. The lowest BCUT2D eigenvalue weighted by molar-refractivity contribution is -0.0760. The number of carbonyl (C=O) groups excluding carboxylic acids is 2.